The Bertz CT molecular complexity index is 574. The zero-order valence-corrected chi connectivity index (χ0v) is 14.3. The Morgan fingerprint density at radius 3 is 2.58 bits per heavy atom. The minimum atomic E-state index is -0.423. The van der Waals surface area contributed by atoms with Crippen molar-refractivity contribution in [3.8, 4) is 0 Å². The number of aliphatic hydroxyl groups is 1. The Kier molecular flexibility index (Phi) is 6.16. The van der Waals surface area contributed by atoms with Crippen molar-refractivity contribution >= 4 is 17.6 Å². The first-order valence-corrected chi connectivity index (χ1v) is 8.16. The number of aliphatic hydroxyl groups excluding tert-OH is 1. The number of carbonyl (C=O) groups excluding carboxylic acids is 2. The lowest BCUT2D eigenvalue weighted by Crippen LogP contribution is -2.55. The first-order chi connectivity index (χ1) is 11.5. The number of nitrogens with zero attached hydrogens (tertiary/aromatic N) is 1. The van der Waals surface area contributed by atoms with Crippen LogP contribution in [0.4, 0.5) is 10.5 Å². The number of ether oxygens (including phenoxy) is 1. The first-order valence-electron chi connectivity index (χ1n) is 8.16. The molecule has 24 heavy (non-hydrogen) atoms. The summed E-state index contributed by atoms with van der Waals surface area (Å²) in [6.07, 6.45) is -0.395. The summed E-state index contributed by atoms with van der Waals surface area (Å²) < 4.78 is 5.67. The number of anilines is 1. The van der Waals surface area contributed by atoms with Gasteiger partial charge in [0.2, 0.25) is 5.91 Å². The Morgan fingerprint density at radius 2 is 2.04 bits per heavy atom. The van der Waals surface area contributed by atoms with E-state index in [2.05, 4.69) is 10.6 Å². The summed E-state index contributed by atoms with van der Waals surface area (Å²) in [7, 11) is 0. The second-order valence-electron chi connectivity index (χ2n) is 5.98. The van der Waals surface area contributed by atoms with Crippen LogP contribution < -0.4 is 10.6 Å². The van der Waals surface area contributed by atoms with Crippen molar-refractivity contribution in [2.75, 3.05) is 25.1 Å². The van der Waals surface area contributed by atoms with E-state index in [4.69, 9.17) is 4.74 Å². The average molecular weight is 335 g/mol. The van der Waals surface area contributed by atoms with Crippen LogP contribution in [0.3, 0.4) is 0 Å². The number of nitrogens with one attached hydrogen (secondary N) is 2. The summed E-state index contributed by atoms with van der Waals surface area (Å²) in [5.41, 5.74) is 1.52. The largest absolute Gasteiger partial charge is 0.394 e. The summed E-state index contributed by atoms with van der Waals surface area (Å²) in [6, 6.07) is 6.53. The van der Waals surface area contributed by atoms with Crippen LogP contribution in [0.15, 0.2) is 24.3 Å². The van der Waals surface area contributed by atoms with E-state index in [1.807, 2.05) is 32.9 Å². The van der Waals surface area contributed by atoms with Gasteiger partial charge in [-0.1, -0.05) is 12.1 Å². The van der Waals surface area contributed by atoms with Crippen molar-refractivity contribution < 1.29 is 19.4 Å². The lowest BCUT2D eigenvalue weighted by atomic mass is 9.98. The van der Waals surface area contributed by atoms with E-state index in [0.29, 0.717) is 12.2 Å². The number of morpholine rings is 1. The van der Waals surface area contributed by atoms with Gasteiger partial charge in [0, 0.05) is 18.3 Å². The zero-order chi connectivity index (χ0) is 17.7. The molecule has 3 amide bonds. The molecule has 1 heterocycles. The third-order valence-electron chi connectivity index (χ3n) is 3.96. The highest BCUT2D eigenvalue weighted by Crippen LogP contribution is 2.30. The number of amides is 3. The van der Waals surface area contributed by atoms with E-state index in [1.165, 1.54) is 0 Å². The fourth-order valence-corrected chi connectivity index (χ4v) is 2.94. The number of hydrogen-bond donors (Lipinski definition) is 3. The standard InChI is InChI=1S/C17H25N3O4/c1-4-18-17(23)19-13-7-5-12(6-8-13)16-14(9-21)20(11(2)3)15(22)10-24-16/h5-8,11,14,16,21H,4,9-10H2,1-3H3,(H2,18,19,23)/t14-,16-/m1/s1. The van der Waals surface area contributed by atoms with E-state index in [0.717, 1.165) is 5.56 Å². The maximum Gasteiger partial charge on any atom is 0.319 e. The second-order valence-corrected chi connectivity index (χ2v) is 5.98. The van der Waals surface area contributed by atoms with Gasteiger partial charge in [-0.2, -0.15) is 0 Å². The fourth-order valence-electron chi connectivity index (χ4n) is 2.94. The lowest BCUT2D eigenvalue weighted by molar-refractivity contribution is -0.164. The first kappa shape index (κ1) is 18.2. The molecular formula is C17H25N3O4. The molecule has 3 N–H and O–H groups in total. The Labute approximate surface area is 142 Å². The third-order valence-corrected chi connectivity index (χ3v) is 3.96. The molecule has 7 heteroatoms. The van der Waals surface area contributed by atoms with Gasteiger partial charge in [0.05, 0.1) is 12.6 Å². The minimum absolute atomic E-state index is 0.00173. The molecule has 1 aromatic carbocycles. The van der Waals surface area contributed by atoms with Crippen LogP contribution in [0, 0.1) is 0 Å². The third kappa shape index (κ3) is 4.04. The molecule has 132 valence electrons. The van der Waals surface area contributed by atoms with Crippen LogP contribution in [0.25, 0.3) is 0 Å². The number of hydrogen-bond acceptors (Lipinski definition) is 4. The molecule has 0 aromatic heterocycles. The molecule has 0 radical (unpaired) electrons. The van der Waals surface area contributed by atoms with Gasteiger partial charge in [0.1, 0.15) is 12.7 Å². The van der Waals surface area contributed by atoms with Crippen LogP contribution in [0.5, 0.6) is 0 Å². The number of rotatable bonds is 5. The second kappa shape index (κ2) is 8.12. The average Bonchev–Trinajstić information content (AvgIpc) is 2.55. The molecule has 1 aliphatic heterocycles. The van der Waals surface area contributed by atoms with Crippen molar-refractivity contribution in [1.29, 1.82) is 0 Å². The molecule has 1 aliphatic rings. The molecule has 0 aliphatic carbocycles. The van der Waals surface area contributed by atoms with Crippen molar-refractivity contribution in [1.82, 2.24) is 10.2 Å². The van der Waals surface area contributed by atoms with Gasteiger partial charge in [-0.3, -0.25) is 4.79 Å². The van der Waals surface area contributed by atoms with Crippen LogP contribution in [0.1, 0.15) is 32.4 Å². The summed E-state index contributed by atoms with van der Waals surface area (Å²) >= 11 is 0. The maximum absolute atomic E-state index is 12.1. The van der Waals surface area contributed by atoms with Gasteiger partial charge in [-0.25, -0.2) is 4.79 Å². The number of benzene rings is 1. The Balaban J connectivity index is 2.15. The molecular weight excluding hydrogens is 310 g/mol. The van der Waals surface area contributed by atoms with E-state index < -0.39 is 12.1 Å². The summed E-state index contributed by atoms with van der Waals surface area (Å²) in [5, 5.41) is 15.1. The predicted molar refractivity (Wildman–Crippen MR) is 90.7 cm³/mol. The predicted octanol–water partition coefficient (Wildman–Crippen LogP) is 1.50. The fraction of sp³-hybridized carbons (Fsp3) is 0.529. The minimum Gasteiger partial charge on any atom is -0.394 e. The van der Waals surface area contributed by atoms with Gasteiger partial charge in [-0.05, 0) is 38.5 Å². The molecule has 0 saturated carbocycles. The van der Waals surface area contributed by atoms with Crippen molar-refractivity contribution in [2.45, 2.75) is 39.0 Å². The van der Waals surface area contributed by atoms with E-state index in [9.17, 15) is 14.7 Å². The van der Waals surface area contributed by atoms with Gasteiger partial charge < -0.3 is 25.4 Å². The molecule has 7 nitrogen and oxygen atoms in total. The van der Waals surface area contributed by atoms with Gasteiger partial charge >= 0.3 is 6.03 Å². The normalized spacial score (nSPS) is 21.0. The molecule has 2 rings (SSSR count). The quantitative estimate of drug-likeness (QED) is 0.760. The molecule has 1 aromatic rings. The van der Waals surface area contributed by atoms with E-state index >= 15 is 0 Å². The monoisotopic (exact) mass is 335 g/mol. The number of urea groups is 1. The highest BCUT2D eigenvalue weighted by Gasteiger charge is 2.38. The van der Waals surface area contributed by atoms with Gasteiger partial charge in [0.15, 0.2) is 0 Å². The molecule has 2 atom stereocenters. The van der Waals surface area contributed by atoms with Gasteiger partial charge in [-0.15, -0.1) is 0 Å². The van der Waals surface area contributed by atoms with Crippen molar-refractivity contribution in [3.05, 3.63) is 29.8 Å². The molecule has 0 unspecified atom stereocenters. The zero-order valence-electron chi connectivity index (χ0n) is 14.3. The van der Waals surface area contributed by atoms with Gasteiger partial charge in [0.25, 0.3) is 0 Å². The van der Waals surface area contributed by atoms with Crippen molar-refractivity contribution in [3.63, 3.8) is 0 Å². The summed E-state index contributed by atoms with van der Waals surface area (Å²) in [5.74, 6) is -0.116. The maximum atomic E-state index is 12.1. The van der Waals surface area contributed by atoms with E-state index in [-0.39, 0.29) is 31.2 Å². The molecule has 0 bridgehead atoms. The highest BCUT2D eigenvalue weighted by atomic mass is 16.5. The molecule has 1 saturated heterocycles. The summed E-state index contributed by atoms with van der Waals surface area (Å²) in [6.45, 7) is 6.06. The van der Waals surface area contributed by atoms with Crippen LogP contribution in [0.2, 0.25) is 0 Å². The van der Waals surface area contributed by atoms with Crippen LogP contribution in [-0.2, 0) is 9.53 Å². The Hall–Kier alpha value is -2.12. The molecule has 1 fully saturated rings. The smallest absolute Gasteiger partial charge is 0.319 e. The van der Waals surface area contributed by atoms with Crippen LogP contribution in [-0.4, -0.2) is 53.8 Å². The van der Waals surface area contributed by atoms with Crippen molar-refractivity contribution in [2.24, 2.45) is 0 Å². The van der Waals surface area contributed by atoms with E-state index in [1.54, 1.807) is 17.0 Å². The SMILES string of the molecule is CCNC(=O)Nc1ccc([C@H]2OCC(=O)N(C(C)C)[C@@H]2CO)cc1. The Morgan fingerprint density at radius 1 is 1.38 bits per heavy atom. The van der Waals surface area contributed by atoms with Crippen LogP contribution >= 0.6 is 0 Å². The lowest BCUT2D eigenvalue weighted by Gasteiger charge is -2.42. The molecule has 0 spiro atoms. The highest BCUT2D eigenvalue weighted by molar-refractivity contribution is 5.89. The topological polar surface area (TPSA) is 90.9 Å². The number of carbonyl (C=O) groups is 2. The summed E-state index contributed by atoms with van der Waals surface area (Å²) in [4.78, 5) is 25.3.